The van der Waals surface area contributed by atoms with Gasteiger partial charge in [0.2, 0.25) is 5.91 Å². The van der Waals surface area contributed by atoms with Crippen LogP contribution in [0.2, 0.25) is 0 Å². The third-order valence-corrected chi connectivity index (χ3v) is 5.77. The Kier molecular flexibility index (Phi) is 8.84. The summed E-state index contributed by atoms with van der Waals surface area (Å²) in [6.07, 6.45) is 3.45. The quantitative estimate of drug-likeness (QED) is 0.361. The largest absolute Gasteiger partial charge is 0.379 e. The maximum atomic E-state index is 13.1. The molecule has 2 rings (SSSR count). The summed E-state index contributed by atoms with van der Waals surface area (Å²) in [5, 5.41) is 0. The van der Waals surface area contributed by atoms with Crippen molar-refractivity contribution >= 4 is 16.0 Å². The predicted octanol–water partition coefficient (Wildman–Crippen LogP) is 5.16. The second kappa shape index (κ2) is 11.1. The van der Waals surface area contributed by atoms with E-state index in [0.717, 1.165) is 49.1 Å². The average molecular weight is 436 g/mol. The van der Waals surface area contributed by atoms with E-state index in [2.05, 4.69) is 20.8 Å². The molecule has 0 N–H and O–H groups in total. The molecule has 2 aromatic carbocycles. The van der Waals surface area contributed by atoms with Crippen LogP contribution in [0.25, 0.3) is 0 Å². The summed E-state index contributed by atoms with van der Waals surface area (Å²) in [6.45, 7) is 7.23. The van der Waals surface area contributed by atoms with Crippen molar-refractivity contribution in [3.8, 4) is 5.75 Å². The van der Waals surface area contributed by atoms with Crippen LogP contribution in [-0.2, 0) is 21.5 Å². The van der Waals surface area contributed by atoms with Gasteiger partial charge in [0.15, 0.2) is 0 Å². The number of hydrogen-bond donors (Lipinski definition) is 0. The maximum absolute atomic E-state index is 13.1. The molecule has 0 spiro atoms. The lowest BCUT2D eigenvalue weighted by Gasteiger charge is -2.25. The highest BCUT2D eigenvalue weighted by Crippen LogP contribution is 2.21. The SMILES string of the molecule is CCCCCC(=O)N(Cc1cccc(OS(=O)(=O)c2ccc(F)cc2)c1)CC(C)C. The number of carbonyl (C=O) groups is 1. The second-order valence-electron chi connectivity index (χ2n) is 7.76. The van der Waals surface area contributed by atoms with E-state index in [1.54, 1.807) is 18.2 Å². The molecule has 0 heterocycles. The molecule has 0 aliphatic heterocycles. The Labute approximate surface area is 179 Å². The van der Waals surface area contributed by atoms with Gasteiger partial charge in [0.1, 0.15) is 16.5 Å². The highest BCUT2D eigenvalue weighted by atomic mass is 32.2. The summed E-state index contributed by atoms with van der Waals surface area (Å²) in [6, 6.07) is 11.2. The van der Waals surface area contributed by atoms with Gasteiger partial charge in [-0.1, -0.05) is 45.7 Å². The minimum Gasteiger partial charge on any atom is -0.379 e. The van der Waals surface area contributed by atoms with Crippen LogP contribution in [0.1, 0.15) is 52.0 Å². The van der Waals surface area contributed by atoms with Crippen LogP contribution in [0.3, 0.4) is 0 Å². The van der Waals surface area contributed by atoms with Crippen molar-refractivity contribution < 1.29 is 21.8 Å². The highest BCUT2D eigenvalue weighted by molar-refractivity contribution is 7.87. The standard InChI is InChI=1S/C23H30FNO4S/c1-4-5-6-10-23(26)25(16-18(2)3)17-19-8-7-9-21(15-19)29-30(27,28)22-13-11-20(24)12-14-22/h7-9,11-15,18H,4-6,10,16-17H2,1-3H3. The van der Waals surface area contributed by atoms with E-state index in [9.17, 15) is 17.6 Å². The van der Waals surface area contributed by atoms with E-state index in [4.69, 9.17) is 4.18 Å². The van der Waals surface area contributed by atoms with E-state index >= 15 is 0 Å². The van der Waals surface area contributed by atoms with Crippen LogP contribution in [0.4, 0.5) is 4.39 Å². The highest BCUT2D eigenvalue weighted by Gasteiger charge is 2.18. The summed E-state index contributed by atoms with van der Waals surface area (Å²) in [4.78, 5) is 14.3. The third kappa shape index (κ3) is 7.44. The molecule has 0 saturated carbocycles. The normalized spacial score (nSPS) is 11.5. The fourth-order valence-electron chi connectivity index (χ4n) is 3.07. The topological polar surface area (TPSA) is 63.7 Å². The van der Waals surface area contributed by atoms with E-state index in [1.807, 2.05) is 11.0 Å². The average Bonchev–Trinajstić information content (AvgIpc) is 2.67. The smallest absolute Gasteiger partial charge is 0.339 e. The molecule has 0 bridgehead atoms. The molecule has 0 aliphatic carbocycles. The van der Waals surface area contributed by atoms with Crippen LogP contribution < -0.4 is 4.18 Å². The van der Waals surface area contributed by atoms with Gasteiger partial charge < -0.3 is 9.08 Å². The fourth-order valence-corrected chi connectivity index (χ4v) is 3.99. The maximum Gasteiger partial charge on any atom is 0.339 e. The molecule has 5 nitrogen and oxygen atoms in total. The van der Waals surface area contributed by atoms with Crippen LogP contribution in [0.5, 0.6) is 5.75 Å². The van der Waals surface area contributed by atoms with Crippen LogP contribution in [0, 0.1) is 11.7 Å². The molecule has 0 unspecified atom stereocenters. The van der Waals surface area contributed by atoms with Crippen LogP contribution >= 0.6 is 0 Å². The van der Waals surface area contributed by atoms with Gasteiger partial charge in [0.25, 0.3) is 0 Å². The Hall–Kier alpha value is -2.41. The molecule has 1 amide bonds. The van der Waals surface area contributed by atoms with Gasteiger partial charge in [-0.2, -0.15) is 8.42 Å². The molecule has 0 aromatic heterocycles. The van der Waals surface area contributed by atoms with Crippen molar-refractivity contribution in [2.45, 2.75) is 57.9 Å². The van der Waals surface area contributed by atoms with Crippen molar-refractivity contribution in [3.05, 3.63) is 59.9 Å². The molecule has 0 aliphatic rings. The first-order chi connectivity index (χ1) is 14.2. The summed E-state index contributed by atoms with van der Waals surface area (Å²) < 4.78 is 43.2. The minimum atomic E-state index is -4.07. The monoisotopic (exact) mass is 435 g/mol. The third-order valence-electron chi connectivity index (χ3n) is 4.51. The number of nitrogens with zero attached hydrogens (tertiary/aromatic N) is 1. The van der Waals surface area contributed by atoms with Gasteiger partial charge in [-0.05, 0) is 54.3 Å². The van der Waals surface area contributed by atoms with Crippen molar-refractivity contribution in [1.29, 1.82) is 0 Å². The van der Waals surface area contributed by atoms with Gasteiger partial charge in [0, 0.05) is 19.5 Å². The van der Waals surface area contributed by atoms with Crippen molar-refractivity contribution in [3.63, 3.8) is 0 Å². The van der Waals surface area contributed by atoms with Crippen LogP contribution in [0.15, 0.2) is 53.4 Å². The minimum absolute atomic E-state index is 0.0994. The van der Waals surface area contributed by atoms with E-state index in [0.29, 0.717) is 25.4 Å². The molecule has 2 aromatic rings. The Morgan fingerprint density at radius 3 is 2.43 bits per heavy atom. The van der Waals surface area contributed by atoms with Crippen molar-refractivity contribution in [2.24, 2.45) is 5.92 Å². The lowest BCUT2D eigenvalue weighted by atomic mass is 10.1. The summed E-state index contributed by atoms with van der Waals surface area (Å²) in [5.41, 5.74) is 0.784. The van der Waals surface area contributed by atoms with E-state index in [1.165, 1.54) is 0 Å². The van der Waals surface area contributed by atoms with Crippen molar-refractivity contribution in [2.75, 3.05) is 6.54 Å². The summed E-state index contributed by atoms with van der Waals surface area (Å²) >= 11 is 0. The Bertz CT molecular complexity index is 926. The zero-order valence-electron chi connectivity index (χ0n) is 17.8. The zero-order valence-corrected chi connectivity index (χ0v) is 18.6. The number of rotatable bonds is 11. The number of unbranched alkanes of at least 4 members (excludes halogenated alkanes) is 2. The molecular formula is C23H30FNO4S. The number of amides is 1. The molecule has 164 valence electrons. The molecule has 7 heteroatoms. The first kappa shape index (κ1) is 23.9. The number of benzene rings is 2. The molecule has 0 saturated heterocycles. The first-order valence-electron chi connectivity index (χ1n) is 10.3. The molecule has 0 fully saturated rings. The molecule has 30 heavy (non-hydrogen) atoms. The Balaban J connectivity index is 2.13. The van der Waals surface area contributed by atoms with Gasteiger partial charge in [-0.15, -0.1) is 0 Å². The number of carbonyl (C=O) groups excluding carboxylic acids is 1. The van der Waals surface area contributed by atoms with Crippen LogP contribution in [-0.4, -0.2) is 25.8 Å². The molecular weight excluding hydrogens is 405 g/mol. The van der Waals surface area contributed by atoms with Gasteiger partial charge >= 0.3 is 10.1 Å². The zero-order chi connectivity index (χ0) is 22.1. The Morgan fingerprint density at radius 2 is 1.80 bits per heavy atom. The molecule has 0 atom stereocenters. The van der Waals surface area contributed by atoms with Gasteiger partial charge in [0.05, 0.1) is 0 Å². The summed E-state index contributed by atoms with van der Waals surface area (Å²) in [5.74, 6) is 0.0466. The predicted molar refractivity (Wildman–Crippen MR) is 115 cm³/mol. The van der Waals surface area contributed by atoms with E-state index in [-0.39, 0.29) is 16.6 Å². The van der Waals surface area contributed by atoms with Crippen molar-refractivity contribution in [1.82, 2.24) is 4.90 Å². The fraction of sp³-hybridized carbons (Fsp3) is 0.435. The van der Waals surface area contributed by atoms with E-state index < -0.39 is 15.9 Å². The number of halogens is 1. The van der Waals surface area contributed by atoms with Gasteiger partial charge in [-0.25, -0.2) is 4.39 Å². The second-order valence-corrected chi connectivity index (χ2v) is 9.31. The molecule has 0 radical (unpaired) electrons. The van der Waals surface area contributed by atoms with Gasteiger partial charge in [-0.3, -0.25) is 4.79 Å². The number of hydrogen-bond acceptors (Lipinski definition) is 4. The lowest BCUT2D eigenvalue weighted by Crippen LogP contribution is -2.33. The lowest BCUT2D eigenvalue weighted by molar-refractivity contribution is -0.132. The Morgan fingerprint density at radius 1 is 1.10 bits per heavy atom. The summed E-state index contributed by atoms with van der Waals surface area (Å²) in [7, 11) is -4.07. The first-order valence-corrected chi connectivity index (χ1v) is 11.7.